The van der Waals surface area contributed by atoms with E-state index in [-0.39, 0.29) is 0 Å². The molecule has 0 saturated heterocycles. The van der Waals surface area contributed by atoms with E-state index in [9.17, 15) is 0 Å². The fraction of sp³-hybridized carbons (Fsp3) is 0.429. The number of rotatable bonds is 2. The molecule has 0 amide bonds. The van der Waals surface area contributed by atoms with Crippen LogP contribution in [0.1, 0.15) is 48.9 Å². The summed E-state index contributed by atoms with van der Waals surface area (Å²) in [7, 11) is 0. The van der Waals surface area contributed by atoms with E-state index in [1.54, 1.807) is 0 Å². The topological polar surface area (TPSA) is 36.9 Å². The Morgan fingerprint density at radius 2 is 1.06 bits per heavy atom. The van der Waals surface area contributed by atoms with Crippen LogP contribution in [-0.2, 0) is 22.3 Å². The van der Waals surface area contributed by atoms with Gasteiger partial charge in [0.25, 0.3) is 0 Å². The lowest BCUT2D eigenvalue weighted by atomic mass is 10.0. The predicted octanol–water partition coefficient (Wildman–Crippen LogP) is 6.12. The quantitative estimate of drug-likeness (QED) is 0.568. The molecule has 4 nitrogen and oxygen atoms in total. The summed E-state index contributed by atoms with van der Waals surface area (Å²) < 4.78 is 23.8. The van der Waals surface area contributed by atoms with E-state index in [1.807, 2.05) is 13.8 Å². The number of hydrogen-bond donors (Lipinski definition) is 0. The fourth-order valence-corrected chi connectivity index (χ4v) is 3.82. The normalized spacial score (nSPS) is 17.1. The highest BCUT2D eigenvalue weighted by Crippen LogP contribution is 2.24. The Bertz CT molecular complexity index is 811. The monoisotopic (exact) mass is 436 g/mol. The van der Waals surface area contributed by atoms with Gasteiger partial charge in [-0.1, -0.05) is 36.4 Å². The third kappa shape index (κ3) is 7.85. The summed E-state index contributed by atoms with van der Waals surface area (Å²) in [5, 5.41) is 0. The molecule has 0 radical (unpaired) electrons. The zero-order valence-corrected chi connectivity index (χ0v) is 19.5. The van der Waals surface area contributed by atoms with Crippen LogP contribution >= 0.6 is 0 Å². The highest BCUT2D eigenvalue weighted by atomic mass is 16.5. The van der Waals surface area contributed by atoms with Gasteiger partial charge in [0.15, 0.2) is 0 Å². The van der Waals surface area contributed by atoms with E-state index in [0.29, 0.717) is 39.6 Å². The Morgan fingerprint density at radius 3 is 1.50 bits per heavy atom. The minimum absolute atomic E-state index is 0.553. The molecule has 4 heteroatoms. The van der Waals surface area contributed by atoms with Crippen molar-refractivity contribution in [3.63, 3.8) is 0 Å². The molecule has 0 saturated carbocycles. The summed E-state index contributed by atoms with van der Waals surface area (Å²) in [6, 6.07) is 12.7. The second kappa shape index (κ2) is 13.8. The second-order valence-electron chi connectivity index (χ2n) is 7.86. The van der Waals surface area contributed by atoms with Crippen LogP contribution in [0.4, 0.5) is 0 Å². The summed E-state index contributed by atoms with van der Waals surface area (Å²) in [4.78, 5) is 0. The Labute approximate surface area is 192 Å². The highest BCUT2D eigenvalue weighted by Gasteiger charge is 2.08. The summed E-state index contributed by atoms with van der Waals surface area (Å²) in [6.07, 6.45) is 12.0. The zero-order chi connectivity index (χ0) is 22.4. The summed E-state index contributed by atoms with van der Waals surface area (Å²) in [5.41, 5.74) is 4.82. The lowest BCUT2D eigenvalue weighted by Crippen LogP contribution is -2.11. The van der Waals surface area contributed by atoms with Gasteiger partial charge in [0.2, 0.25) is 0 Å². The van der Waals surface area contributed by atoms with E-state index in [4.69, 9.17) is 18.9 Å². The smallest absolute Gasteiger partial charge is 0.122 e. The molecule has 0 spiro atoms. The first-order chi connectivity index (χ1) is 15.8. The summed E-state index contributed by atoms with van der Waals surface area (Å²) in [5.74, 6) is 1.88. The molecule has 0 aromatic heterocycles. The molecular formula is C28H36O4. The average Bonchev–Trinajstić information content (AvgIpc) is 2.80. The van der Waals surface area contributed by atoms with Crippen molar-refractivity contribution in [3.05, 3.63) is 70.8 Å². The number of fused-ring (bicyclic) bond motifs is 2. The number of ether oxygens (including phenoxy) is 4. The maximum absolute atomic E-state index is 6.05. The van der Waals surface area contributed by atoms with Crippen LogP contribution in [0.15, 0.2) is 48.6 Å². The van der Waals surface area contributed by atoms with Gasteiger partial charge < -0.3 is 18.9 Å². The number of benzene rings is 2. The van der Waals surface area contributed by atoms with Crippen molar-refractivity contribution in [2.45, 2.75) is 39.5 Å². The summed E-state index contributed by atoms with van der Waals surface area (Å²) in [6.45, 7) is 7.74. The number of hydrogen-bond acceptors (Lipinski definition) is 4. The first kappa shape index (κ1) is 24.1. The van der Waals surface area contributed by atoms with Gasteiger partial charge in [-0.05, 0) is 86.1 Å². The van der Waals surface area contributed by atoms with Crippen LogP contribution in [-0.4, -0.2) is 39.6 Å². The van der Waals surface area contributed by atoms with Crippen molar-refractivity contribution >= 4 is 12.2 Å². The SMILES string of the molecule is C/C=C/c1ccc2c(c1)CCCOCCOc1ccc(/C=C/C)cc1CCCOCCO2. The van der Waals surface area contributed by atoms with Crippen molar-refractivity contribution in [3.8, 4) is 11.5 Å². The van der Waals surface area contributed by atoms with Crippen LogP contribution < -0.4 is 9.47 Å². The van der Waals surface area contributed by atoms with E-state index < -0.39 is 0 Å². The van der Waals surface area contributed by atoms with Crippen molar-refractivity contribution in [2.75, 3.05) is 39.6 Å². The molecule has 172 valence electrons. The van der Waals surface area contributed by atoms with E-state index in [2.05, 4.69) is 60.7 Å². The lowest BCUT2D eigenvalue weighted by Gasteiger charge is -2.15. The molecular weight excluding hydrogens is 400 g/mol. The molecule has 1 aliphatic heterocycles. The Kier molecular flexibility index (Phi) is 10.4. The Balaban J connectivity index is 1.63. The lowest BCUT2D eigenvalue weighted by molar-refractivity contribution is 0.0937. The molecule has 0 N–H and O–H groups in total. The van der Waals surface area contributed by atoms with Gasteiger partial charge in [-0.25, -0.2) is 0 Å². The molecule has 0 unspecified atom stereocenters. The van der Waals surface area contributed by atoms with Gasteiger partial charge in [0.05, 0.1) is 13.2 Å². The Morgan fingerprint density at radius 1 is 0.594 bits per heavy atom. The van der Waals surface area contributed by atoms with E-state index in [0.717, 1.165) is 37.2 Å². The molecule has 0 fully saturated rings. The van der Waals surface area contributed by atoms with Crippen LogP contribution in [0.2, 0.25) is 0 Å². The molecule has 0 aliphatic carbocycles. The maximum atomic E-state index is 6.05. The summed E-state index contributed by atoms with van der Waals surface area (Å²) >= 11 is 0. The van der Waals surface area contributed by atoms with Crippen molar-refractivity contribution in [1.29, 1.82) is 0 Å². The van der Waals surface area contributed by atoms with Crippen molar-refractivity contribution in [1.82, 2.24) is 0 Å². The number of aryl methyl sites for hydroxylation is 2. The maximum Gasteiger partial charge on any atom is 0.122 e. The highest BCUT2D eigenvalue weighted by molar-refractivity contribution is 5.54. The van der Waals surface area contributed by atoms with Crippen LogP contribution in [0.5, 0.6) is 11.5 Å². The molecule has 1 heterocycles. The zero-order valence-electron chi connectivity index (χ0n) is 19.5. The van der Waals surface area contributed by atoms with Gasteiger partial charge >= 0.3 is 0 Å². The van der Waals surface area contributed by atoms with Crippen molar-refractivity contribution in [2.24, 2.45) is 0 Å². The minimum atomic E-state index is 0.553. The van der Waals surface area contributed by atoms with Crippen LogP contribution in [0, 0.1) is 0 Å². The first-order valence-electron chi connectivity index (χ1n) is 11.7. The Hall–Kier alpha value is -2.56. The molecule has 0 atom stereocenters. The largest absolute Gasteiger partial charge is 0.491 e. The van der Waals surface area contributed by atoms with Gasteiger partial charge in [-0.2, -0.15) is 0 Å². The standard InChI is InChI=1S/C28H36O4/c1-3-7-23-11-13-27-25(21-23)9-5-15-29-18-20-32-28-14-12-24(8-4-2)22-26(28)10-6-16-30-17-19-31-27/h3-4,7-8,11-14,21-22H,5-6,9-10,15-20H2,1-2H3/b7-3+,8-4+. The van der Waals surface area contributed by atoms with Gasteiger partial charge in [0, 0.05) is 13.2 Å². The predicted molar refractivity (Wildman–Crippen MR) is 132 cm³/mol. The second-order valence-corrected chi connectivity index (χ2v) is 7.86. The number of allylic oxidation sites excluding steroid dienone is 2. The van der Waals surface area contributed by atoms with Gasteiger partial charge in [0.1, 0.15) is 24.7 Å². The van der Waals surface area contributed by atoms with Crippen molar-refractivity contribution < 1.29 is 18.9 Å². The molecule has 3 rings (SSSR count). The van der Waals surface area contributed by atoms with Gasteiger partial charge in [-0.3, -0.25) is 0 Å². The molecule has 32 heavy (non-hydrogen) atoms. The molecule has 0 bridgehead atoms. The van der Waals surface area contributed by atoms with Gasteiger partial charge in [-0.15, -0.1) is 0 Å². The third-order valence-corrected chi connectivity index (χ3v) is 5.33. The molecule has 2 aromatic carbocycles. The molecule has 1 aliphatic rings. The first-order valence-corrected chi connectivity index (χ1v) is 11.7. The van der Waals surface area contributed by atoms with E-state index in [1.165, 1.54) is 22.3 Å². The average molecular weight is 437 g/mol. The van der Waals surface area contributed by atoms with Crippen LogP contribution in [0.25, 0.3) is 12.2 Å². The van der Waals surface area contributed by atoms with E-state index >= 15 is 0 Å². The fourth-order valence-electron chi connectivity index (χ4n) is 3.82. The minimum Gasteiger partial charge on any atom is -0.491 e. The van der Waals surface area contributed by atoms with Crippen LogP contribution in [0.3, 0.4) is 0 Å². The molecule has 2 aromatic rings. The third-order valence-electron chi connectivity index (χ3n) is 5.33.